The molecule has 0 fully saturated rings. The zero-order valence-corrected chi connectivity index (χ0v) is 26.5. The third-order valence-electron chi connectivity index (χ3n) is 9.39. The molecule has 46 heavy (non-hydrogen) atoms. The highest BCUT2D eigenvalue weighted by molar-refractivity contribution is 7.79. The van der Waals surface area contributed by atoms with Crippen molar-refractivity contribution in [2.24, 2.45) is 4.99 Å². The van der Waals surface area contributed by atoms with E-state index in [2.05, 4.69) is 157 Å². The summed E-state index contributed by atoms with van der Waals surface area (Å²) in [5, 5.41) is 13.2. The second-order valence-corrected chi connectivity index (χ2v) is 15.3. The number of hydrogen-bond donors (Lipinski definition) is 1. The van der Waals surface area contributed by atoms with Crippen molar-refractivity contribution in [2.45, 2.75) is 6.04 Å². The normalized spacial score (nSPS) is 16.3. The summed E-state index contributed by atoms with van der Waals surface area (Å²) in [6.45, 7) is 0. The molecule has 0 amide bonds. The molecule has 1 aromatic heterocycles. The lowest BCUT2D eigenvalue weighted by atomic mass is 9.97. The Morgan fingerprint density at radius 1 is 0.587 bits per heavy atom. The second-order valence-electron chi connectivity index (χ2n) is 12.0. The van der Waals surface area contributed by atoms with Crippen LogP contribution in [0.1, 0.15) is 11.1 Å². The predicted molar refractivity (Wildman–Crippen MR) is 200 cm³/mol. The summed E-state index contributed by atoms with van der Waals surface area (Å²) in [6.07, 6.45) is 8.49. The molecule has 0 saturated carbocycles. The van der Waals surface area contributed by atoms with Crippen LogP contribution in [0.5, 0.6) is 0 Å². The van der Waals surface area contributed by atoms with E-state index in [1.807, 2.05) is 11.3 Å². The molecule has 216 valence electrons. The number of aliphatic imine (C=N–C) groups is 1. The molecule has 2 aliphatic carbocycles. The van der Waals surface area contributed by atoms with Crippen LogP contribution in [0.2, 0.25) is 0 Å². The maximum atomic E-state index is 5.14. The molecule has 0 bridgehead atoms. The third kappa shape index (κ3) is 3.96. The summed E-state index contributed by atoms with van der Waals surface area (Å²) in [4.78, 5) is 5.14. The van der Waals surface area contributed by atoms with Gasteiger partial charge in [0.25, 0.3) is 0 Å². The first-order valence-electron chi connectivity index (χ1n) is 15.7. The predicted octanol–water partition coefficient (Wildman–Crippen LogP) is 9.31. The third-order valence-corrected chi connectivity index (χ3v) is 12.9. The zero-order valence-electron chi connectivity index (χ0n) is 24.8. The lowest BCUT2D eigenvalue weighted by Gasteiger charge is -2.25. The first kappa shape index (κ1) is 26.2. The van der Waals surface area contributed by atoms with E-state index < -0.39 is 7.92 Å². The molecule has 7 aromatic rings. The average molecular weight is 623 g/mol. The van der Waals surface area contributed by atoms with Crippen LogP contribution in [0.4, 0.5) is 0 Å². The first-order valence-corrected chi connectivity index (χ1v) is 17.8. The van der Waals surface area contributed by atoms with Crippen LogP contribution in [0, 0.1) is 0 Å². The fourth-order valence-corrected chi connectivity index (χ4v) is 10.8. The van der Waals surface area contributed by atoms with Crippen LogP contribution in [0.3, 0.4) is 0 Å². The minimum Gasteiger partial charge on any atom is -0.371 e. The van der Waals surface area contributed by atoms with Gasteiger partial charge in [-0.05, 0) is 58.6 Å². The van der Waals surface area contributed by atoms with Gasteiger partial charge in [0.05, 0.1) is 23.1 Å². The Hall–Kier alpha value is -5.08. The Morgan fingerprint density at radius 3 is 2.11 bits per heavy atom. The van der Waals surface area contributed by atoms with E-state index in [4.69, 9.17) is 4.99 Å². The van der Waals surface area contributed by atoms with Gasteiger partial charge in [-0.2, -0.15) is 0 Å². The number of nitrogens with one attached hydrogen (secondary N) is 1. The lowest BCUT2D eigenvalue weighted by molar-refractivity contribution is 0.887. The smallest absolute Gasteiger partial charge is 0.0950 e. The molecule has 1 aliphatic heterocycles. The van der Waals surface area contributed by atoms with E-state index in [1.54, 1.807) is 0 Å². The summed E-state index contributed by atoms with van der Waals surface area (Å²) in [7, 11) is -0.619. The average Bonchev–Trinajstić information content (AvgIpc) is 3.64. The Balaban J connectivity index is 1.06. The number of hydrogen-bond acceptors (Lipinski definition) is 3. The Kier molecular flexibility index (Phi) is 5.81. The quantitative estimate of drug-likeness (QED) is 0.195. The molecule has 1 atom stereocenters. The van der Waals surface area contributed by atoms with Gasteiger partial charge in [-0.1, -0.05) is 133 Å². The van der Waals surface area contributed by atoms with Gasteiger partial charge in [0.2, 0.25) is 0 Å². The molecule has 4 heteroatoms. The first-order chi connectivity index (χ1) is 22.8. The monoisotopic (exact) mass is 622 g/mol. The van der Waals surface area contributed by atoms with E-state index in [-0.39, 0.29) is 6.04 Å². The van der Waals surface area contributed by atoms with Gasteiger partial charge in [0.15, 0.2) is 0 Å². The van der Waals surface area contributed by atoms with Gasteiger partial charge >= 0.3 is 0 Å². The van der Waals surface area contributed by atoms with Crippen molar-refractivity contribution >= 4 is 83.2 Å². The molecular weight excluding hydrogens is 596 g/mol. The summed E-state index contributed by atoms with van der Waals surface area (Å²) in [5.74, 6) is 0. The van der Waals surface area contributed by atoms with Crippen LogP contribution in [-0.4, -0.2) is 11.8 Å². The zero-order chi connectivity index (χ0) is 30.2. The van der Waals surface area contributed by atoms with E-state index in [9.17, 15) is 0 Å². The van der Waals surface area contributed by atoms with Gasteiger partial charge < -0.3 is 5.32 Å². The van der Waals surface area contributed by atoms with Crippen molar-refractivity contribution in [1.82, 2.24) is 5.32 Å². The molecule has 3 aliphatic rings. The Morgan fingerprint density at radius 2 is 1.33 bits per heavy atom. The summed E-state index contributed by atoms with van der Waals surface area (Å²) < 4.78 is 2.64. The Labute approximate surface area is 272 Å². The van der Waals surface area contributed by atoms with Crippen molar-refractivity contribution < 1.29 is 0 Å². The molecule has 2 nitrogen and oxygen atoms in total. The van der Waals surface area contributed by atoms with Crippen molar-refractivity contribution in [3.63, 3.8) is 0 Å². The second kappa shape index (κ2) is 10.2. The number of thiophene rings is 1. The lowest BCUT2D eigenvalue weighted by Crippen LogP contribution is -2.36. The summed E-state index contributed by atoms with van der Waals surface area (Å²) in [6, 6.07) is 47.3. The molecule has 0 spiro atoms. The number of nitrogens with zero attached hydrogens (tertiary/aromatic N) is 1. The van der Waals surface area contributed by atoms with E-state index in [1.165, 1.54) is 69.1 Å². The topological polar surface area (TPSA) is 24.4 Å². The van der Waals surface area contributed by atoms with Gasteiger partial charge in [-0.25, -0.2) is 4.99 Å². The van der Waals surface area contributed by atoms with Gasteiger partial charge in [-0.3, -0.25) is 0 Å². The van der Waals surface area contributed by atoms with Crippen molar-refractivity contribution in [1.29, 1.82) is 0 Å². The SMILES string of the molecule is C1=CC2=NC3=C(NC2C=C1)c1cc2sc4cc(-c5ccc(P(c6ccccc6)c6ccccc6)cc5)ccc4c2c2cccc3c12. The van der Waals surface area contributed by atoms with Crippen LogP contribution < -0.4 is 21.2 Å². The van der Waals surface area contributed by atoms with Crippen LogP contribution in [0.15, 0.2) is 157 Å². The van der Waals surface area contributed by atoms with E-state index in [0.29, 0.717) is 0 Å². The standard InChI is InChI=1S/C42H27N2PS/c1-3-10-28(11-4-1)45(29-12-5-2-6-13-29)30-21-18-26(19-22-30)27-20-23-31-37(24-27)46-38-25-34-39-32(40(31)38)14-9-15-33(39)41-42(34)44-36-17-8-7-16-35(36)43-41/h1-25,36,44H. The number of rotatable bonds is 4. The maximum Gasteiger partial charge on any atom is 0.0950 e. The fourth-order valence-electron chi connectivity index (χ4n) is 7.30. The summed E-state index contributed by atoms with van der Waals surface area (Å²) in [5.41, 5.74) is 8.31. The molecule has 10 rings (SSSR count). The highest BCUT2D eigenvalue weighted by atomic mass is 32.1. The number of fused-ring (bicyclic) bond motifs is 7. The van der Waals surface area contributed by atoms with Crippen molar-refractivity contribution in [3.05, 3.63) is 163 Å². The van der Waals surface area contributed by atoms with Crippen LogP contribution in [0.25, 0.3) is 53.5 Å². The highest BCUT2D eigenvalue weighted by Gasteiger charge is 2.32. The van der Waals surface area contributed by atoms with Crippen LogP contribution >= 0.6 is 19.3 Å². The van der Waals surface area contributed by atoms with Gasteiger partial charge in [0.1, 0.15) is 0 Å². The highest BCUT2D eigenvalue weighted by Crippen LogP contribution is 2.49. The molecule has 0 saturated heterocycles. The van der Waals surface area contributed by atoms with Crippen molar-refractivity contribution in [3.8, 4) is 11.1 Å². The maximum absolute atomic E-state index is 5.14. The molecule has 0 radical (unpaired) electrons. The Bertz CT molecular complexity index is 2450. The molecule has 1 N–H and O–H groups in total. The number of allylic oxidation sites excluding steroid dienone is 2. The molecule has 2 heterocycles. The minimum atomic E-state index is -0.619. The number of benzene rings is 6. The van der Waals surface area contributed by atoms with E-state index in [0.717, 1.165) is 17.1 Å². The molecule has 1 unspecified atom stereocenters. The fraction of sp³-hybridized carbons (Fsp3) is 0.0238. The molecular formula is C42H27N2PS. The summed E-state index contributed by atoms with van der Waals surface area (Å²) >= 11 is 1.89. The van der Waals surface area contributed by atoms with Crippen molar-refractivity contribution in [2.75, 3.05) is 0 Å². The van der Waals surface area contributed by atoms with Crippen LogP contribution in [-0.2, 0) is 0 Å². The van der Waals surface area contributed by atoms with Gasteiger partial charge in [-0.15, -0.1) is 11.3 Å². The molecule has 6 aromatic carbocycles. The minimum absolute atomic E-state index is 0.122. The van der Waals surface area contributed by atoms with E-state index >= 15 is 0 Å². The largest absolute Gasteiger partial charge is 0.371 e. The van der Waals surface area contributed by atoms with Gasteiger partial charge in [0, 0.05) is 36.7 Å².